The molecule has 2 N–H and O–H groups in total. The van der Waals surface area contributed by atoms with Gasteiger partial charge in [-0.15, -0.1) is 0 Å². The van der Waals surface area contributed by atoms with Gasteiger partial charge in [0.2, 0.25) is 11.8 Å². The van der Waals surface area contributed by atoms with Crippen molar-refractivity contribution in [1.29, 1.82) is 0 Å². The Bertz CT molecular complexity index is 784. The minimum absolute atomic E-state index is 0.138. The lowest BCUT2D eigenvalue weighted by Crippen LogP contribution is -2.53. The molecular formula is C21H29N3O4S. The van der Waals surface area contributed by atoms with Crippen LogP contribution in [0, 0.1) is 30.1 Å². The van der Waals surface area contributed by atoms with Crippen molar-refractivity contribution < 1.29 is 19.1 Å². The maximum absolute atomic E-state index is 12.9. The Morgan fingerprint density at radius 2 is 1.76 bits per heavy atom. The standard InChI is InChI=1S/C21H29N3O4S/c1-3-28-18(26)17-12(2)23-20(29-17)24-16(25)4-5-22-19(27)21-9-13-6-14(10-21)8-15(7-13)11-21/h13-15H,3-11H2,1-2H3,(H,22,27)(H,23,24,25). The first-order chi connectivity index (χ1) is 13.9. The number of amides is 2. The number of hydrogen-bond donors (Lipinski definition) is 2. The number of hydrogen-bond acceptors (Lipinski definition) is 6. The second-order valence-electron chi connectivity index (χ2n) is 8.91. The molecule has 0 saturated heterocycles. The second kappa shape index (κ2) is 8.05. The number of nitrogens with zero attached hydrogens (tertiary/aromatic N) is 1. The first kappa shape index (κ1) is 20.3. The van der Waals surface area contributed by atoms with Crippen molar-refractivity contribution in [3.05, 3.63) is 10.6 Å². The monoisotopic (exact) mass is 419 g/mol. The van der Waals surface area contributed by atoms with Crippen LogP contribution in [0.15, 0.2) is 0 Å². The summed E-state index contributed by atoms with van der Waals surface area (Å²) in [7, 11) is 0. The molecule has 0 radical (unpaired) electrons. The summed E-state index contributed by atoms with van der Waals surface area (Å²) in [6.07, 6.45) is 7.15. The summed E-state index contributed by atoms with van der Waals surface area (Å²) < 4.78 is 4.99. The van der Waals surface area contributed by atoms with E-state index in [1.165, 1.54) is 19.3 Å². The topological polar surface area (TPSA) is 97.4 Å². The molecule has 0 atom stereocenters. The Morgan fingerprint density at radius 1 is 1.14 bits per heavy atom. The summed E-state index contributed by atoms with van der Waals surface area (Å²) in [4.78, 5) is 41.6. The van der Waals surface area contributed by atoms with Crippen molar-refractivity contribution in [1.82, 2.24) is 10.3 Å². The quantitative estimate of drug-likeness (QED) is 0.661. The van der Waals surface area contributed by atoms with Gasteiger partial charge in [-0.2, -0.15) is 0 Å². The van der Waals surface area contributed by atoms with E-state index in [4.69, 9.17) is 4.74 Å². The number of rotatable bonds is 7. The molecular weight excluding hydrogens is 390 g/mol. The molecule has 29 heavy (non-hydrogen) atoms. The van der Waals surface area contributed by atoms with Crippen LogP contribution in [0.25, 0.3) is 0 Å². The number of aryl methyl sites for hydroxylation is 1. The van der Waals surface area contributed by atoms with Crippen LogP contribution in [0.3, 0.4) is 0 Å². The van der Waals surface area contributed by atoms with Gasteiger partial charge in [0, 0.05) is 18.4 Å². The highest BCUT2D eigenvalue weighted by Gasteiger charge is 2.54. The average molecular weight is 420 g/mol. The smallest absolute Gasteiger partial charge is 0.350 e. The van der Waals surface area contributed by atoms with Crippen molar-refractivity contribution in [2.24, 2.45) is 23.2 Å². The van der Waals surface area contributed by atoms with Crippen LogP contribution in [0.4, 0.5) is 5.13 Å². The Balaban J connectivity index is 1.26. The largest absolute Gasteiger partial charge is 0.462 e. The molecule has 0 unspecified atom stereocenters. The third-order valence-electron chi connectivity index (χ3n) is 6.66. The number of ether oxygens (including phenoxy) is 1. The third kappa shape index (κ3) is 4.17. The fourth-order valence-electron chi connectivity index (χ4n) is 5.88. The fraction of sp³-hybridized carbons (Fsp3) is 0.714. The zero-order chi connectivity index (χ0) is 20.6. The van der Waals surface area contributed by atoms with E-state index in [1.807, 2.05) is 0 Å². The van der Waals surface area contributed by atoms with Gasteiger partial charge in [0.15, 0.2) is 5.13 Å². The van der Waals surface area contributed by atoms with Gasteiger partial charge in [0.25, 0.3) is 0 Å². The molecule has 4 aliphatic rings. The summed E-state index contributed by atoms with van der Waals surface area (Å²) >= 11 is 1.11. The predicted molar refractivity (Wildman–Crippen MR) is 110 cm³/mol. The van der Waals surface area contributed by atoms with Gasteiger partial charge in [-0.25, -0.2) is 9.78 Å². The zero-order valence-corrected chi connectivity index (χ0v) is 17.9. The van der Waals surface area contributed by atoms with E-state index >= 15 is 0 Å². The van der Waals surface area contributed by atoms with Crippen LogP contribution in [-0.2, 0) is 14.3 Å². The number of aromatic nitrogens is 1. The van der Waals surface area contributed by atoms with Crippen molar-refractivity contribution in [3.8, 4) is 0 Å². The van der Waals surface area contributed by atoms with Crippen molar-refractivity contribution >= 4 is 34.3 Å². The van der Waals surface area contributed by atoms with Crippen LogP contribution in [-0.4, -0.2) is 35.9 Å². The molecule has 1 aromatic rings. The van der Waals surface area contributed by atoms with Crippen LogP contribution in [0.2, 0.25) is 0 Å². The Labute approximate surface area is 175 Å². The molecule has 7 nitrogen and oxygen atoms in total. The SMILES string of the molecule is CCOC(=O)c1sc(NC(=O)CCNC(=O)C23CC4CC(CC(C4)C2)C3)nc1C. The Hall–Kier alpha value is -1.96. The Kier molecular flexibility index (Phi) is 5.64. The number of esters is 1. The second-order valence-corrected chi connectivity index (χ2v) is 9.91. The van der Waals surface area contributed by atoms with E-state index in [2.05, 4.69) is 15.6 Å². The van der Waals surface area contributed by atoms with Gasteiger partial charge >= 0.3 is 5.97 Å². The first-order valence-electron chi connectivity index (χ1n) is 10.6. The molecule has 4 fully saturated rings. The van der Waals surface area contributed by atoms with E-state index in [1.54, 1.807) is 13.8 Å². The molecule has 1 heterocycles. The summed E-state index contributed by atoms with van der Waals surface area (Å²) in [6, 6.07) is 0. The van der Waals surface area contributed by atoms with Gasteiger partial charge in [-0.3, -0.25) is 9.59 Å². The van der Waals surface area contributed by atoms with Gasteiger partial charge in [0.05, 0.1) is 12.3 Å². The molecule has 4 saturated carbocycles. The van der Waals surface area contributed by atoms with Crippen LogP contribution >= 0.6 is 11.3 Å². The summed E-state index contributed by atoms with van der Waals surface area (Å²) in [5.74, 6) is 1.65. The minimum atomic E-state index is -0.425. The molecule has 0 spiro atoms. The van der Waals surface area contributed by atoms with Crippen LogP contribution in [0.5, 0.6) is 0 Å². The van der Waals surface area contributed by atoms with E-state index < -0.39 is 5.97 Å². The van der Waals surface area contributed by atoms with E-state index in [0.29, 0.717) is 28.9 Å². The molecule has 4 bridgehead atoms. The predicted octanol–water partition coefficient (Wildman–Crippen LogP) is 3.29. The molecule has 2 amide bonds. The lowest BCUT2D eigenvalue weighted by atomic mass is 9.49. The van der Waals surface area contributed by atoms with E-state index in [9.17, 15) is 14.4 Å². The van der Waals surface area contributed by atoms with Crippen LogP contribution in [0.1, 0.15) is 67.2 Å². The zero-order valence-electron chi connectivity index (χ0n) is 17.1. The number of anilines is 1. The molecule has 5 rings (SSSR count). The number of nitrogens with one attached hydrogen (secondary N) is 2. The van der Waals surface area contributed by atoms with Gasteiger partial charge < -0.3 is 15.4 Å². The molecule has 4 aliphatic carbocycles. The fourth-order valence-corrected chi connectivity index (χ4v) is 6.76. The maximum Gasteiger partial charge on any atom is 0.350 e. The summed E-state index contributed by atoms with van der Waals surface area (Å²) in [5.41, 5.74) is 0.352. The highest BCUT2D eigenvalue weighted by atomic mass is 32.1. The van der Waals surface area contributed by atoms with E-state index in [0.717, 1.165) is 48.4 Å². The van der Waals surface area contributed by atoms with Gasteiger partial charge in [0.1, 0.15) is 4.88 Å². The summed E-state index contributed by atoms with van der Waals surface area (Å²) in [5, 5.41) is 6.11. The number of carbonyl (C=O) groups is 3. The average Bonchev–Trinajstić information content (AvgIpc) is 3.01. The van der Waals surface area contributed by atoms with Crippen molar-refractivity contribution in [3.63, 3.8) is 0 Å². The Morgan fingerprint density at radius 3 is 2.34 bits per heavy atom. The van der Waals surface area contributed by atoms with Gasteiger partial charge in [-0.1, -0.05) is 11.3 Å². The molecule has 158 valence electrons. The normalized spacial score (nSPS) is 29.5. The first-order valence-corrected chi connectivity index (χ1v) is 11.4. The number of thiazole rings is 1. The highest BCUT2D eigenvalue weighted by Crippen LogP contribution is 2.60. The molecule has 1 aromatic heterocycles. The number of carbonyl (C=O) groups excluding carboxylic acids is 3. The third-order valence-corrected chi connectivity index (χ3v) is 7.71. The highest BCUT2D eigenvalue weighted by molar-refractivity contribution is 7.17. The lowest BCUT2D eigenvalue weighted by molar-refractivity contribution is -0.146. The molecule has 8 heteroatoms. The van der Waals surface area contributed by atoms with Gasteiger partial charge in [-0.05, 0) is 70.1 Å². The van der Waals surface area contributed by atoms with Crippen molar-refractivity contribution in [2.45, 2.75) is 58.8 Å². The maximum atomic E-state index is 12.9. The summed E-state index contributed by atoms with van der Waals surface area (Å²) in [6.45, 7) is 4.07. The van der Waals surface area contributed by atoms with E-state index in [-0.39, 0.29) is 23.7 Å². The van der Waals surface area contributed by atoms with Crippen molar-refractivity contribution in [2.75, 3.05) is 18.5 Å². The molecule has 0 aliphatic heterocycles. The minimum Gasteiger partial charge on any atom is -0.462 e. The lowest BCUT2D eigenvalue weighted by Gasteiger charge is -2.55. The van der Waals surface area contributed by atoms with Crippen LogP contribution < -0.4 is 10.6 Å². The molecule has 0 aromatic carbocycles.